The Morgan fingerprint density at radius 3 is 2.89 bits per heavy atom. The van der Waals surface area contributed by atoms with E-state index in [1.54, 1.807) is 6.92 Å². The smallest absolute Gasteiger partial charge is 0.236 e. The van der Waals surface area contributed by atoms with Gasteiger partial charge in [0.1, 0.15) is 5.71 Å². The third kappa shape index (κ3) is 2.93. The molecule has 100 valence electrons. The molecule has 0 bridgehead atoms. The number of rotatable bonds is 4. The fraction of sp³-hybridized carbons (Fsp3) is 0.286. The minimum Gasteiger partial charge on any atom is -0.490 e. The first kappa shape index (κ1) is 13.1. The van der Waals surface area contributed by atoms with E-state index in [9.17, 15) is 4.79 Å². The lowest BCUT2D eigenvalue weighted by atomic mass is 10.2. The van der Waals surface area contributed by atoms with Crippen LogP contribution in [0.1, 0.15) is 26.5 Å². The van der Waals surface area contributed by atoms with E-state index in [-0.39, 0.29) is 5.91 Å². The van der Waals surface area contributed by atoms with Crippen LogP contribution in [-0.4, -0.2) is 18.2 Å². The van der Waals surface area contributed by atoms with Crippen molar-refractivity contribution in [3.63, 3.8) is 0 Å². The maximum absolute atomic E-state index is 10.8. The highest BCUT2D eigenvalue weighted by molar-refractivity contribution is 6.00. The molecule has 19 heavy (non-hydrogen) atoms. The molecule has 0 saturated heterocycles. The van der Waals surface area contributed by atoms with Gasteiger partial charge < -0.3 is 9.15 Å². The Kier molecular flexibility index (Phi) is 3.85. The lowest BCUT2D eigenvalue weighted by Crippen LogP contribution is -2.14. The van der Waals surface area contributed by atoms with E-state index in [0.717, 1.165) is 5.39 Å². The van der Waals surface area contributed by atoms with Gasteiger partial charge in [0.2, 0.25) is 5.91 Å². The molecule has 1 aromatic heterocycles. The van der Waals surface area contributed by atoms with Crippen molar-refractivity contribution in [3.05, 3.63) is 30.0 Å². The molecule has 5 heteroatoms. The Bertz CT molecular complexity index is 629. The van der Waals surface area contributed by atoms with Crippen LogP contribution in [0.4, 0.5) is 0 Å². The van der Waals surface area contributed by atoms with Crippen LogP contribution < -0.4 is 10.2 Å². The number of benzene rings is 1. The van der Waals surface area contributed by atoms with Gasteiger partial charge in [-0.1, -0.05) is 12.1 Å². The predicted octanol–water partition coefficient (Wildman–Crippen LogP) is 2.69. The highest BCUT2D eigenvalue weighted by Gasteiger charge is 2.10. The monoisotopic (exact) mass is 260 g/mol. The van der Waals surface area contributed by atoms with Crippen molar-refractivity contribution in [1.82, 2.24) is 5.43 Å². The third-order valence-corrected chi connectivity index (χ3v) is 2.55. The van der Waals surface area contributed by atoms with Crippen molar-refractivity contribution in [2.75, 3.05) is 6.61 Å². The number of nitrogens with one attached hydrogen (secondary N) is 1. The predicted molar refractivity (Wildman–Crippen MR) is 73.4 cm³/mol. The van der Waals surface area contributed by atoms with Gasteiger partial charge in [-0.3, -0.25) is 4.79 Å². The quantitative estimate of drug-likeness (QED) is 0.679. The Morgan fingerprint density at radius 1 is 1.42 bits per heavy atom. The van der Waals surface area contributed by atoms with Crippen molar-refractivity contribution < 1.29 is 13.9 Å². The molecule has 5 nitrogen and oxygen atoms in total. The average Bonchev–Trinajstić information content (AvgIpc) is 2.81. The van der Waals surface area contributed by atoms with E-state index in [2.05, 4.69) is 10.5 Å². The van der Waals surface area contributed by atoms with Crippen molar-refractivity contribution in [2.45, 2.75) is 20.8 Å². The van der Waals surface area contributed by atoms with Gasteiger partial charge in [0.25, 0.3) is 0 Å². The minimum atomic E-state index is -0.217. The van der Waals surface area contributed by atoms with Crippen LogP contribution in [0.25, 0.3) is 11.0 Å². The van der Waals surface area contributed by atoms with Crippen molar-refractivity contribution >= 4 is 22.6 Å². The molecular formula is C14H16N2O3. The van der Waals surface area contributed by atoms with E-state index >= 15 is 0 Å². The lowest BCUT2D eigenvalue weighted by Gasteiger charge is -2.02. The van der Waals surface area contributed by atoms with E-state index in [1.165, 1.54) is 6.92 Å². The van der Waals surface area contributed by atoms with E-state index in [1.807, 2.05) is 31.2 Å². The zero-order valence-corrected chi connectivity index (χ0v) is 11.2. The second kappa shape index (κ2) is 5.56. The standard InChI is InChI=1S/C14H16N2O3/c1-4-18-12-7-5-6-11-8-13(19-14(11)12)9(2)15-16-10(3)17/h5-8H,4H2,1-3H3,(H,16,17)/b15-9-. The van der Waals surface area contributed by atoms with Gasteiger partial charge >= 0.3 is 0 Å². The van der Waals surface area contributed by atoms with E-state index in [4.69, 9.17) is 9.15 Å². The number of para-hydroxylation sites is 1. The van der Waals surface area contributed by atoms with Gasteiger partial charge in [-0.25, -0.2) is 5.43 Å². The third-order valence-electron chi connectivity index (χ3n) is 2.55. The summed E-state index contributed by atoms with van der Waals surface area (Å²) in [5, 5.41) is 4.89. The van der Waals surface area contributed by atoms with Crippen molar-refractivity contribution in [3.8, 4) is 5.75 Å². The fourth-order valence-corrected chi connectivity index (χ4v) is 1.70. The van der Waals surface area contributed by atoms with Crippen molar-refractivity contribution in [2.24, 2.45) is 5.10 Å². The van der Waals surface area contributed by atoms with E-state index in [0.29, 0.717) is 29.4 Å². The van der Waals surface area contributed by atoms with Crippen LogP contribution in [0.3, 0.4) is 0 Å². The number of ether oxygens (including phenoxy) is 1. The molecule has 1 heterocycles. The summed E-state index contributed by atoms with van der Waals surface area (Å²) >= 11 is 0. The highest BCUT2D eigenvalue weighted by Crippen LogP contribution is 2.28. The first-order valence-corrected chi connectivity index (χ1v) is 6.08. The van der Waals surface area contributed by atoms with Gasteiger partial charge in [0.15, 0.2) is 17.1 Å². The number of hydrogen-bond acceptors (Lipinski definition) is 4. The molecule has 0 aliphatic rings. The van der Waals surface area contributed by atoms with Crippen LogP contribution in [-0.2, 0) is 4.79 Å². The molecule has 0 atom stereocenters. The molecule has 1 amide bonds. The van der Waals surface area contributed by atoms with Gasteiger partial charge in [-0.15, -0.1) is 0 Å². The molecule has 1 aromatic carbocycles. The van der Waals surface area contributed by atoms with E-state index < -0.39 is 0 Å². The summed E-state index contributed by atoms with van der Waals surface area (Å²) in [6.07, 6.45) is 0. The number of carbonyl (C=O) groups is 1. The fourth-order valence-electron chi connectivity index (χ4n) is 1.70. The minimum absolute atomic E-state index is 0.217. The maximum Gasteiger partial charge on any atom is 0.236 e. The molecule has 0 unspecified atom stereocenters. The summed E-state index contributed by atoms with van der Waals surface area (Å²) in [7, 11) is 0. The van der Waals surface area contributed by atoms with Crippen LogP contribution in [0.15, 0.2) is 33.8 Å². The Labute approximate surface area is 111 Å². The molecular weight excluding hydrogens is 244 g/mol. The number of fused-ring (bicyclic) bond motifs is 1. The molecule has 0 aliphatic heterocycles. The second-order valence-electron chi connectivity index (χ2n) is 4.08. The zero-order chi connectivity index (χ0) is 13.8. The van der Waals surface area contributed by atoms with Gasteiger partial charge in [0, 0.05) is 12.3 Å². The molecule has 0 radical (unpaired) electrons. The largest absolute Gasteiger partial charge is 0.490 e. The highest BCUT2D eigenvalue weighted by atomic mass is 16.5. The summed E-state index contributed by atoms with van der Waals surface area (Å²) in [6.45, 7) is 5.68. The SMILES string of the molecule is CCOc1cccc2cc(/C(C)=N\NC(C)=O)oc12. The number of amides is 1. The summed E-state index contributed by atoms with van der Waals surface area (Å²) in [6, 6.07) is 7.58. The van der Waals surface area contributed by atoms with Crippen LogP contribution in [0.5, 0.6) is 5.75 Å². The number of hydrogen-bond donors (Lipinski definition) is 1. The molecule has 0 aliphatic carbocycles. The summed E-state index contributed by atoms with van der Waals surface area (Å²) in [5.74, 6) is 1.10. The Balaban J connectivity index is 2.38. The molecule has 0 spiro atoms. The number of carbonyl (C=O) groups excluding carboxylic acids is 1. The first-order chi connectivity index (χ1) is 9.11. The zero-order valence-electron chi connectivity index (χ0n) is 11.2. The lowest BCUT2D eigenvalue weighted by molar-refractivity contribution is -0.118. The van der Waals surface area contributed by atoms with Crippen LogP contribution in [0.2, 0.25) is 0 Å². The Hall–Kier alpha value is -2.30. The van der Waals surface area contributed by atoms with Crippen LogP contribution in [0, 0.1) is 0 Å². The molecule has 2 rings (SSSR count). The van der Waals surface area contributed by atoms with Gasteiger partial charge in [0.05, 0.1) is 6.61 Å². The molecule has 2 aromatic rings. The first-order valence-electron chi connectivity index (χ1n) is 6.08. The summed E-state index contributed by atoms with van der Waals surface area (Å²) in [5.41, 5.74) is 3.68. The van der Waals surface area contributed by atoms with Crippen LogP contribution >= 0.6 is 0 Å². The second-order valence-corrected chi connectivity index (χ2v) is 4.08. The van der Waals surface area contributed by atoms with Gasteiger partial charge in [-0.2, -0.15) is 5.10 Å². The molecule has 1 N–H and O–H groups in total. The average molecular weight is 260 g/mol. The van der Waals surface area contributed by atoms with Gasteiger partial charge in [-0.05, 0) is 26.0 Å². The topological polar surface area (TPSA) is 63.8 Å². The molecule has 0 saturated carbocycles. The summed E-state index contributed by atoms with van der Waals surface area (Å²) in [4.78, 5) is 10.8. The van der Waals surface area contributed by atoms with Crippen molar-refractivity contribution in [1.29, 1.82) is 0 Å². The Morgan fingerprint density at radius 2 is 2.21 bits per heavy atom. The molecule has 0 fully saturated rings. The summed E-state index contributed by atoms with van der Waals surface area (Å²) < 4.78 is 11.2. The normalized spacial score (nSPS) is 11.6. The number of nitrogens with zero attached hydrogens (tertiary/aromatic N) is 1. The number of hydrazone groups is 1. The number of furan rings is 1. The maximum atomic E-state index is 10.8.